The monoisotopic (exact) mass is 369 g/mol. The molecular formula is C18H19N5O2S. The molecule has 0 N–H and O–H groups in total. The van der Waals surface area contributed by atoms with Crippen LogP contribution in [0.1, 0.15) is 6.42 Å². The Kier molecular flexibility index (Phi) is 4.26. The molecule has 0 aliphatic carbocycles. The molecule has 1 aromatic heterocycles. The molecule has 0 radical (unpaired) electrons. The Labute approximate surface area is 153 Å². The summed E-state index contributed by atoms with van der Waals surface area (Å²) in [6, 6.07) is 15.0. The number of rotatable bonds is 3. The molecule has 2 saturated heterocycles. The quantitative estimate of drug-likeness (QED) is 0.769. The number of pyridine rings is 1. The Morgan fingerprint density at radius 2 is 1.85 bits per heavy atom. The molecule has 2 aromatic rings. The van der Waals surface area contributed by atoms with E-state index in [9.17, 15) is 8.42 Å². The summed E-state index contributed by atoms with van der Waals surface area (Å²) in [7, 11) is -3.63. The van der Waals surface area contributed by atoms with E-state index >= 15 is 0 Å². The van der Waals surface area contributed by atoms with Crippen molar-refractivity contribution in [3.05, 3.63) is 48.5 Å². The zero-order valence-corrected chi connectivity index (χ0v) is 15.0. The first-order valence-electron chi connectivity index (χ1n) is 8.56. The highest BCUT2D eigenvalue weighted by Crippen LogP contribution is 2.29. The Hall–Kier alpha value is -2.63. The smallest absolute Gasteiger partial charge is 0.305 e. The zero-order valence-electron chi connectivity index (χ0n) is 14.2. The van der Waals surface area contributed by atoms with Crippen molar-refractivity contribution in [1.29, 1.82) is 5.26 Å². The van der Waals surface area contributed by atoms with Gasteiger partial charge >= 0.3 is 10.2 Å². The van der Waals surface area contributed by atoms with E-state index in [1.54, 1.807) is 11.0 Å². The number of nitriles is 1. The van der Waals surface area contributed by atoms with Gasteiger partial charge in [0, 0.05) is 31.2 Å². The maximum atomic E-state index is 13.0. The molecule has 4 rings (SSSR count). The van der Waals surface area contributed by atoms with Gasteiger partial charge in [0.05, 0.1) is 12.2 Å². The standard InChI is InChI=1S/C18H19N5O2S/c19-14-21-10-9-16(13-21)22-11-12-23(26(22,24)25)18-8-4-7-17(20-18)15-5-2-1-3-6-15/h1-8,16H,9-13H2/t16-/m0/s1. The predicted molar refractivity (Wildman–Crippen MR) is 98.2 cm³/mol. The molecule has 0 spiro atoms. The van der Waals surface area contributed by atoms with Crippen LogP contribution in [-0.4, -0.2) is 54.8 Å². The highest BCUT2D eigenvalue weighted by atomic mass is 32.2. The lowest BCUT2D eigenvalue weighted by Crippen LogP contribution is -2.41. The van der Waals surface area contributed by atoms with Gasteiger partial charge in [-0.15, -0.1) is 0 Å². The van der Waals surface area contributed by atoms with Crippen LogP contribution in [0.2, 0.25) is 0 Å². The summed E-state index contributed by atoms with van der Waals surface area (Å²) in [5.74, 6) is 0.434. The van der Waals surface area contributed by atoms with Gasteiger partial charge in [-0.25, -0.2) is 9.29 Å². The highest BCUT2D eigenvalue weighted by molar-refractivity contribution is 7.90. The van der Waals surface area contributed by atoms with Gasteiger partial charge in [-0.1, -0.05) is 36.4 Å². The summed E-state index contributed by atoms with van der Waals surface area (Å²) >= 11 is 0. The minimum Gasteiger partial charge on any atom is -0.309 e. The first-order valence-corrected chi connectivity index (χ1v) is 9.96. The largest absolute Gasteiger partial charge is 0.309 e. The molecule has 8 heteroatoms. The van der Waals surface area contributed by atoms with Crippen molar-refractivity contribution < 1.29 is 8.42 Å². The van der Waals surface area contributed by atoms with Crippen molar-refractivity contribution in [2.75, 3.05) is 30.5 Å². The van der Waals surface area contributed by atoms with Crippen molar-refractivity contribution >= 4 is 16.0 Å². The minimum atomic E-state index is -3.63. The maximum Gasteiger partial charge on any atom is 0.305 e. The number of hydrogen-bond donors (Lipinski definition) is 0. The van der Waals surface area contributed by atoms with Gasteiger partial charge < -0.3 is 4.90 Å². The average Bonchev–Trinajstić information content (AvgIpc) is 3.26. The van der Waals surface area contributed by atoms with Gasteiger partial charge in [0.15, 0.2) is 6.19 Å². The number of aromatic nitrogens is 1. The maximum absolute atomic E-state index is 13.0. The third-order valence-corrected chi connectivity index (χ3v) is 6.87. The predicted octanol–water partition coefficient (Wildman–Crippen LogP) is 1.67. The Morgan fingerprint density at radius 3 is 2.58 bits per heavy atom. The van der Waals surface area contributed by atoms with Crippen LogP contribution in [0.5, 0.6) is 0 Å². The molecule has 1 aromatic carbocycles. The van der Waals surface area contributed by atoms with Crippen LogP contribution in [-0.2, 0) is 10.2 Å². The fourth-order valence-electron chi connectivity index (χ4n) is 3.55. The van der Waals surface area contributed by atoms with Crippen LogP contribution in [0.15, 0.2) is 48.5 Å². The summed E-state index contributed by atoms with van der Waals surface area (Å²) < 4.78 is 29.0. The second kappa shape index (κ2) is 6.59. The van der Waals surface area contributed by atoms with E-state index in [1.807, 2.05) is 42.5 Å². The molecular weight excluding hydrogens is 350 g/mol. The van der Waals surface area contributed by atoms with E-state index in [1.165, 1.54) is 8.61 Å². The van der Waals surface area contributed by atoms with E-state index in [2.05, 4.69) is 11.2 Å². The summed E-state index contributed by atoms with van der Waals surface area (Å²) in [6.07, 6.45) is 2.78. The number of nitrogens with zero attached hydrogens (tertiary/aromatic N) is 5. The highest BCUT2D eigenvalue weighted by Gasteiger charge is 2.43. The van der Waals surface area contributed by atoms with Gasteiger partial charge in [-0.05, 0) is 18.6 Å². The number of hydrogen-bond acceptors (Lipinski definition) is 5. The fraction of sp³-hybridized carbons (Fsp3) is 0.333. The summed E-state index contributed by atoms with van der Waals surface area (Å²) in [5.41, 5.74) is 1.69. The lowest BCUT2D eigenvalue weighted by atomic mass is 10.1. The number of benzene rings is 1. The Bertz CT molecular complexity index is 942. The molecule has 7 nitrogen and oxygen atoms in total. The Morgan fingerprint density at radius 1 is 1.04 bits per heavy atom. The van der Waals surface area contributed by atoms with Crippen LogP contribution in [0, 0.1) is 11.5 Å². The van der Waals surface area contributed by atoms with E-state index in [-0.39, 0.29) is 6.04 Å². The third kappa shape index (κ3) is 2.89. The van der Waals surface area contributed by atoms with E-state index in [0.717, 1.165) is 11.3 Å². The third-order valence-electron chi connectivity index (χ3n) is 4.87. The molecule has 1 atom stereocenters. The molecule has 0 bridgehead atoms. The number of likely N-dealkylation sites (tertiary alicyclic amines) is 1. The lowest BCUT2D eigenvalue weighted by molar-refractivity contribution is 0.345. The molecule has 2 aliphatic rings. The van der Waals surface area contributed by atoms with Crippen LogP contribution in [0.3, 0.4) is 0 Å². The van der Waals surface area contributed by atoms with Gasteiger partial charge in [0.2, 0.25) is 0 Å². The topological polar surface area (TPSA) is 80.5 Å². The SMILES string of the molecule is N#CN1CC[C@H](N2CCN(c3cccc(-c4ccccc4)n3)S2(=O)=O)C1. The van der Waals surface area contributed by atoms with Crippen LogP contribution >= 0.6 is 0 Å². The van der Waals surface area contributed by atoms with Gasteiger partial charge in [0.25, 0.3) is 0 Å². The van der Waals surface area contributed by atoms with Crippen molar-refractivity contribution in [2.45, 2.75) is 12.5 Å². The van der Waals surface area contributed by atoms with Crippen LogP contribution in [0.25, 0.3) is 11.3 Å². The van der Waals surface area contributed by atoms with Crippen molar-refractivity contribution in [3.63, 3.8) is 0 Å². The minimum absolute atomic E-state index is 0.151. The van der Waals surface area contributed by atoms with E-state index in [0.29, 0.717) is 38.4 Å². The summed E-state index contributed by atoms with van der Waals surface area (Å²) in [4.78, 5) is 6.18. The normalized spacial score (nSPS) is 22.5. The number of anilines is 1. The lowest BCUT2D eigenvalue weighted by Gasteiger charge is -2.23. The summed E-state index contributed by atoms with van der Waals surface area (Å²) in [6.45, 7) is 1.86. The van der Waals surface area contributed by atoms with E-state index < -0.39 is 10.2 Å². The molecule has 26 heavy (non-hydrogen) atoms. The summed E-state index contributed by atoms with van der Waals surface area (Å²) in [5, 5.41) is 9.01. The zero-order chi connectivity index (χ0) is 18.1. The van der Waals surface area contributed by atoms with Crippen molar-refractivity contribution in [3.8, 4) is 17.5 Å². The molecule has 0 unspecified atom stereocenters. The van der Waals surface area contributed by atoms with E-state index in [4.69, 9.17) is 5.26 Å². The molecule has 0 saturated carbocycles. The first-order chi connectivity index (χ1) is 12.6. The Balaban J connectivity index is 1.61. The van der Waals surface area contributed by atoms with Crippen LogP contribution < -0.4 is 4.31 Å². The van der Waals surface area contributed by atoms with Gasteiger partial charge in [-0.3, -0.25) is 0 Å². The molecule has 0 amide bonds. The van der Waals surface area contributed by atoms with Gasteiger partial charge in [0.1, 0.15) is 5.82 Å². The average molecular weight is 369 g/mol. The van der Waals surface area contributed by atoms with Crippen molar-refractivity contribution in [1.82, 2.24) is 14.2 Å². The second-order valence-electron chi connectivity index (χ2n) is 6.43. The molecule has 2 fully saturated rings. The van der Waals surface area contributed by atoms with Gasteiger partial charge in [-0.2, -0.15) is 18.0 Å². The fourth-order valence-corrected chi connectivity index (χ4v) is 5.31. The molecule has 134 valence electrons. The van der Waals surface area contributed by atoms with Crippen LogP contribution in [0.4, 0.5) is 5.82 Å². The molecule has 2 aliphatic heterocycles. The molecule has 3 heterocycles. The second-order valence-corrected chi connectivity index (χ2v) is 8.23. The first kappa shape index (κ1) is 16.8. The van der Waals surface area contributed by atoms with Crippen molar-refractivity contribution in [2.24, 2.45) is 0 Å².